The molecule has 1 nitrogen and oxygen atoms in total. The highest BCUT2D eigenvalue weighted by Crippen LogP contribution is 2.65. The Morgan fingerprint density at radius 3 is 2.75 bits per heavy atom. The Balaban J connectivity index is 1.89. The van der Waals surface area contributed by atoms with E-state index in [1.54, 1.807) is 0 Å². The molecule has 90 valence electrons. The van der Waals surface area contributed by atoms with Gasteiger partial charge in [0, 0.05) is 5.41 Å². The van der Waals surface area contributed by atoms with Crippen molar-refractivity contribution in [1.82, 2.24) is 0 Å². The van der Waals surface area contributed by atoms with Gasteiger partial charge in [-0.15, -0.1) is 0 Å². The monoisotopic (exact) mass is 220 g/mol. The summed E-state index contributed by atoms with van der Waals surface area (Å²) < 4.78 is 5.89. The summed E-state index contributed by atoms with van der Waals surface area (Å²) in [6.45, 7) is 10.2. The fourth-order valence-electron chi connectivity index (χ4n) is 4.30. The lowest BCUT2D eigenvalue weighted by Gasteiger charge is -2.44. The van der Waals surface area contributed by atoms with Gasteiger partial charge in [-0.25, -0.2) is 0 Å². The molecule has 1 saturated heterocycles. The predicted molar refractivity (Wildman–Crippen MR) is 66.3 cm³/mol. The SMILES string of the molecule is C=C1CC[C@H](C(C)C)C[C@]12CCC[C@]21CO1. The normalized spacial score (nSPS) is 47.2. The maximum atomic E-state index is 5.89. The Bertz CT molecular complexity index is 313. The summed E-state index contributed by atoms with van der Waals surface area (Å²) in [6.07, 6.45) is 7.93. The van der Waals surface area contributed by atoms with Crippen molar-refractivity contribution in [3.63, 3.8) is 0 Å². The standard InChI is InChI=1S/C15H24O/c1-11(2)13-6-5-12(3)14(9-13)7-4-8-15(14)10-16-15/h11,13H,3-10H2,1-2H3/t13-,14+,15-/m0/s1. The molecule has 0 radical (unpaired) electrons. The van der Waals surface area contributed by atoms with Gasteiger partial charge in [-0.2, -0.15) is 0 Å². The summed E-state index contributed by atoms with van der Waals surface area (Å²) in [7, 11) is 0. The summed E-state index contributed by atoms with van der Waals surface area (Å²) in [5.74, 6) is 1.71. The second kappa shape index (κ2) is 3.35. The third-order valence-corrected chi connectivity index (χ3v) is 5.60. The molecule has 0 unspecified atom stereocenters. The van der Waals surface area contributed by atoms with Gasteiger partial charge in [0.05, 0.1) is 6.61 Å². The van der Waals surface area contributed by atoms with E-state index in [4.69, 9.17) is 4.74 Å². The minimum atomic E-state index is 0.248. The highest BCUT2D eigenvalue weighted by molar-refractivity contribution is 5.28. The molecule has 3 rings (SSSR count). The van der Waals surface area contributed by atoms with E-state index < -0.39 is 0 Å². The Morgan fingerprint density at radius 2 is 2.12 bits per heavy atom. The van der Waals surface area contributed by atoms with Gasteiger partial charge in [-0.3, -0.25) is 0 Å². The van der Waals surface area contributed by atoms with Gasteiger partial charge in [-0.1, -0.05) is 26.0 Å². The van der Waals surface area contributed by atoms with Gasteiger partial charge in [0.1, 0.15) is 5.60 Å². The van der Waals surface area contributed by atoms with E-state index >= 15 is 0 Å². The number of fused-ring (bicyclic) bond motifs is 1. The lowest BCUT2D eigenvalue weighted by Crippen LogP contribution is -2.41. The van der Waals surface area contributed by atoms with Gasteiger partial charge in [0.2, 0.25) is 0 Å². The zero-order valence-corrected chi connectivity index (χ0v) is 10.7. The van der Waals surface area contributed by atoms with Gasteiger partial charge >= 0.3 is 0 Å². The minimum Gasteiger partial charge on any atom is -0.369 e. The van der Waals surface area contributed by atoms with Crippen molar-refractivity contribution in [1.29, 1.82) is 0 Å². The second-order valence-electron chi connectivity index (χ2n) is 6.57. The van der Waals surface area contributed by atoms with Crippen LogP contribution in [0.15, 0.2) is 12.2 Å². The first-order valence-electron chi connectivity index (χ1n) is 6.92. The van der Waals surface area contributed by atoms with Crippen molar-refractivity contribution in [2.75, 3.05) is 6.61 Å². The highest BCUT2D eigenvalue weighted by Gasteiger charge is 2.65. The van der Waals surface area contributed by atoms with E-state index in [2.05, 4.69) is 20.4 Å². The molecule has 1 aliphatic heterocycles. The highest BCUT2D eigenvalue weighted by atomic mass is 16.6. The average Bonchev–Trinajstić information content (AvgIpc) is 2.92. The summed E-state index contributed by atoms with van der Waals surface area (Å²) in [6, 6.07) is 0. The zero-order chi connectivity index (χ0) is 11.4. The molecule has 3 aliphatic rings. The molecule has 3 atom stereocenters. The lowest BCUT2D eigenvalue weighted by molar-refractivity contribution is 0.0945. The van der Waals surface area contributed by atoms with Crippen molar-refractivity contribution >= 4 is 0 Å². The average molecular weight is 220 g/mol. The van der Waals surface area contributed by atoms with Crippen molar-refractivity contribution in [3.05, 3.63) is 12.2 Å². The quantitative estimate of drug-likeness (QED) is 0.481. The van der Waals surface area contributed by atoms with E-state index in [0.717, 1.165) is 18.4 Å². The topological polar surface area (TPSA) is 12.5 Å². The summed E-state index contributed by atoms with van der Waals surface area (Å²) in [5, 5.41) is 0. The lowest BCUT2D eigenvalue weighted by atomic mass is 9.60. The fourth-order valence-corrected chi connectivity index (χ4v) is 4.30. The third-order valence-electron chi connectivity index (χ3n) is 5.60. The van der Waals surface area contributed by atoms with Crippen LogP contribution in [-0.2, 0) is 4.74 Å². The molecule has 0 N–H and O–H groups in total. The minimum absolute atomic E-state index is 0.248. The first-order chi connectivity index (χ1) is 7.60. The van der Waals surface area contributed by atoms with Gasteiger partial charge in [-0.05, 0) is 50.4 Å². The Kier molecular flexibility index (Phi) is 2.27. The van der Waals surface area contributed by atoms with E-state index in [9.17, 15) is 0 Å². The first-order valence-corrected chi connectivity index (χ1v) is 6.92. The summed E-state index contributed by atoms with van der Waals surface area (Å²) in [5.41, 5.74) is 2.14. The van der Waals surface area contributed by atoms with Crippen LogP contribution in [0.25, 0.3) is 0 Å². The number of rotatable bonds is 1. The summed E-state index contributed by atoms with van der Waals surface area (Å²) in [4.78, 5) is 0. The van der Waals surface area contributed by atoms with Crippen LogP contribution in [0.1, 0.15) is 52.4 Å². The largest absolute Gasteiger partial charge is 0.369 e. The molecule has 0 aromatic heterocycles. The molecule has 1 heteroatoms. The third kappa shape index (κ3) is 1.27. The van der Waals surface area contributed by atoms with Crippen molar-refractivity contribution in [3.8, 4) is 0 Å². The van der Waals surface area contributed by atoms with Crippen LogP contribution in [0.5, 0.6) is 0 Å². The van der Waals surface area contributed by atoms with Crippen LogP contribution in [0, 0.1) is 17.3 Å². The van der Waals surface area contributed by atoms with Crippen LogP contribution in [0.2, 0.25) is 0 Å². The molecule has 0 aromatic carbocycles. The Hall–Kier alpha value is -0.300. The predicted octanol–water partition coefficient (Wildman–Crippen LogP) is 3.94. The van der Waals surface area contributed by atoms with Crippen LogP contribution < -0.4 is 0 Å². The molecule has 0 amide bonds. The molecule has 2 spiro atoms. The van der Waals surface area contributed by atoms with Crippen LogP contribution in [0.4, 0.5) is 0 Å². The number of ether oxygens (including phenoxy) is 1. The van der Waals surface area contributed by atoms with Gasteiger partial charge < -0.3 is 4.74 Å². The van der Waals surface area contributed by atoms with Crippen LogP contribution in [0.3, 0.4) is 0 Å². The zero-order valence-electron chi connectivity index (χ0n) is 10.7. The molecule has 3 fully saturated rings. The molecular weight excluding hydrogens is 196 g/mol. The van der Waals surface area contributed by atoms with Gasteiger partial charge in [0.25, 0.3) is 0 Å². The van der Waals surface area contributed by atoms with Gasteiger partial charge in [0.15, 0.2) is 0 Å². The van der Waals surface area contributed by atoms with Crippen molar-refractivity contribution < 1.29 is 4.74 Å². The maximum absolute atomic E-state index is 5.89. The molecule has 2 aliphatic carbocycles. The number of epoxide rings is 1. The second-order valence-corrected chi connectivity index (χ2v) is 6.57. The smallest absolute Gasteiger partial charge is 0.101 e. The first kappa shape index (κ1) is 10.8. The molecule has 0 aromatic rings. The molecule has 2 saturated carbocycles. The molecule has 0 bridgehead atoms. The molecular formula is C15H24O. The number of hydrogen-bond donors (Lipinski definition) is 0. The van der Waals surface area contributed by atoms with E-state index in [0.29, 0.717) is 5.41 Å². The van der Waals surface area contributed by atoms with Crippen molar-refractivity contribution in [2.24, 2.45) is 17.3 Å². The van der Waals surface area contributed by atoms with E-state index in [-0.39, 0.29) is 5.60 Å². The van der Waals surface area contributed by atoms with Crippen LogP contribution in [-0.4, -0.2) is 12.2 Å². The fraction of sp³-hybridized carbons (Fsp3) is 0.867. The Morgan fingerprint density at radius 1 is 1.38 bits per heavy atom. The van der Waals surface area contributed by atoms with Crippen LogP contribution >= 0.6 is 0 Å². The van der Waals surface area contributed by atoms with E-state index in [1.165, 1.54) is 44.1 Å². The Labute approximate surface area is 99.3 Å². The van der Waals surface area contributed by atoms with E-state index in [1.807, 2.05) is 0 Å². The molecule has 1 heterocycles. The van der Waals surface area contributed by atoms with Crippen molar-refractivity contribution in [2.45, 2.75) is 58.0 Å². The molecule has 16 heavy (non-hydrogen) atoms. The summed E-state index contributed by atoms with van der Waals surface area (Å²) >= 11 is 0. The maximum Gasteiger partial charge on any atom is 0.101 e. The number of hydrogen-bond acceptors (Lipinski definition) is 1.